The van der Waals surface area contributed by atoms with Gasteiger partial charge in [0.1, 0.15) is 0 Å². The molecule has 2 heterocycles. The van der Waals surface area contributed by atoms with Crippen LogP contribution in [0.15, 0.2) is 17.5 Å². The number of nitrogens with zero attached hydrogens (tertiary/aromatic N) is 4. The average Bonchev–Trinajstić information content (AvgIpc) is 2.95. The van der Waals surface area contributed by atoms with E-state index in [0.717, 1.165) is 25.8 Å². The van der Waals surface area contributed by atoms with Gasteiger partial charge in [-0.1, -0.05) is 6.07 Å². The number of unbranched alkanes of at least 4 members (excludes halogenated alkanes) is 1. The molecule has 0 fully saturated rings. The molecule has 0 aliphatic heterocycles. The zero-order chi connectivity index (χ0) is 16.2. The molecule has 120 valence electrons. The van der Waals surface area contributed by atoms with Crippen molar-refractivity contribution >= 4 is 23.2 Å². The molecule has 0 bridgehead atoms. The van der Waals surface area contributed by atoms with Crippen molar-refractivity contribution in [3.8, 4) is 0 Å². The summed E-state index contributed by atoms with van der Waals surface area (Å²) in [5.74, 6) is 0.543. The molecule has 2 rings (SSSR count). The largest absolute Gasteiger partial charge is 0.368 e. The van der Waals surface area contributed by atoms with Crippen molar-refractivity contribution in [1.29, 1.82) is 0 Å². The van der Waals surface area contributed by atoms with Crippen LogP contribution < -0.4 is 10.6 Å². The van der Waals surface area contributed by atoms with Gasteiger partial charge in [0.05, 0.1) is 0 Å². The first kappa shape index (κ1) is 16.6. The maximum atomic E-state index is 14.0. The zero-order valence-electron chi connectivity index (χ0n) is 13.2. The molecule has 2 N–H and O–H groups in total. The molecule has 0 saturated carbocycles. The Bertz CT molecular complexity index is 594. The first-order valence-corrected chi connectivity index (χ1v) is 8.18. The van der Waals surface area contributed by atoms with Gasteiger partial charge in [-0.2, -0.15) is 15.0 Å². The van der Waals surface area contributed by atoms with Gasteiger partial charge in [-0.3, -0.25) is 0 Å². The Morgan fingerprint density at radius 1 is 1.27 bits per heavy atom. The van der Waals surface area contributed by atoms with E-state index in [2.05, 4.69) is 32.5 Å². The quantitative estimate of drug-likeness (QED) is 0.793. The van der Waals surface area contributed by atoms with Crippen LogP contribution in [0, 0.1) is 0 Å². The molecule has 5 nitrogen and oxygen atoms in total. The summed E-state index contributed by atoms with van der Waals surface area (Å²) in [7, 11) is 1.88. The molecular weight excluding hydrogens is 301 g/mol. The second kappa shape index (κ2) is 7.00. The van der Waals surface area contributed by atoms with Gasteiger partial charge in [-0.05, 0) is 44.6 Å². The number of hydrogen-bond donors (Lipinski definition) is 1. The number of anilines is 2. The van der Waals surface area contributed by atoms with E-state index in [0.29, 0.717) is 5.95 Å². The molecule has 0 aliphatic carbocycles. The molecule has 22 heavy (non-hydrogen) atoms. The van der Waals surface area contributed by atoms with Crippen LogP contribution in [-0.2, 0) is 12.1 Å². The lowest BCUT2D eigenvalue weighted by Crippen LogP contribution is -2.25. The predicted molar refractivity (Wildman–Crippen MR) is 88.9 cm³/mol. The number of halogens is 1. The minimum Gasteiger partial charge on any atom is -0.368 e. The fourth-order valence-electron chi connectivity index (χ4n) is 2.02. The van der Waals surface area contributed by atoms with Crippen LogP contribution in [0.25, 0.3) is 0 Å². The number of alkyl halides is 1. The Hall–Kier alpha value is -1.76. The Kier molecular flexibility index (Phi) is 5.28. The van der Waals surface area contributed by atoms with Crippen LogP contribution in [-0.4, -0.2) is 28.5 Å². The number of aromatic nitrogens is 3. The summed E-state index contributed by atoms with van der Waals surface area (Å²) in [5, 5.41) is 2.09. The van der Waals surface area contributed by atoms with Crippen molar-refractivity contribution < 1.29 is 4.39 Å². The molecule has 2 aromatic heterocycles. The zero-order valence-corrected chi connectivity index (χ0v) is 14.0. The molecule has 0 saturated heterocycles. The van der Waals surface area contributed by atoms with E-state index in [1.54, 1.807) is 11.3 Å². The summed E-state index contributed by atoms with van der Waals surface area (Å²) in [6.07, 6.45) is 3.18. The first-order valence-electron chi connectivity index (χ1n) is 7.31. The van der Waals surface area contributed by atoms with Gasteiger partial charge < -0.3 is 10.6 Å². The lowest BCUT2D eigenvalue weighted by molar-refractivity contribution is 0.206. The molecule has 2 aromatic rings. The summed E-state index contributed by atoms with van der Waals surface area (Å²) in [6, 6.07) is 4.22. The SMILES string of the molecule is CN(CCCCc1cccs1)c1nc(N)nc(C(C)(C)F)n1. The van der Waals surface area contributed by atoms with Crippen molar-refractivity contribution in [3.63, 3.8) is 0 Å². The van der Waals surface area contributed by atoms with Crippen molar-refractivity contribution in [3.05, 3.63) is 28.2 Å². The Balaban J connectivity index is 1.91. The van der Waals surface area contributed by atoms with Crippen LogP contribution in [0.4, 0.5) is 16.3 Å². The lowest BCUT2D eigenvalue weighted by atomic mass is 10.1. The van der Waals surface area contributed by atoms with E-state index >= 15 is 0 Å². The summed E-state index contributed by atoms with van der Waals surface area (Å²) < 4.78 is 14.0. The van der Waals surface area contributed by atoms with Crippen LogP contribution >= 0.6 is 11.3 Å². The first-order chi connectivity index (χ1) is 10.4. The van der Waals surface area contributed by atoms with E-state index in [1.807, 2.05) is 11.9 Å². The van der Waals surface area contributed by atoms with Crippen molar-refractivity contribution in [1.82, 2.24) is 15.0 Å². The second-order valence-electron chi connectivity index (χ2n) is 5.75. The third-order valence-corrected chi connectivity index (χ3v) is 4.20. The highest BCUT2D eigenvalue weighted by atomic mass is 32.1. The van der Waals surface area contributed by atoms with E-state index in [-0.39, 0.29) is 11.8 Å². The normalized spacial score (nSPS) is 11.6. The third-order valence-electron chi connectivity index (χ3n) is 3.26. The van der Waals surface area contributed by atoms with Gasteiger partial charge in [0.15, 0.2) is 11.5 Å². The van der Waals surface area contributed by atoms with E-state index in [1.165, 1.54) is 18.7 Å². The second-order valence-corrected chi connectivity index (χ2v) is 6.78. The average molecular weight is 323 g/mol. The summed E-state index contributed by atoms with van der Waals surface area (Å²) in [5.41, 5.74) is 4.03. The van der Waals surface area contributed by atoms with Gasteiger partial charge >= 0.3 is 0 Å². The predicted octanol–water partition coefficient (Wildman–Crippen LogP) is 3.18. The molecule has 0 aliphatic rings. The van der Waals surface area contributed by atoms with Crippen molar-refractivity contribution in [2.75, 3.05) is 24.2 Å². The van der Waals surface area contributed by atoms with Crippen molar-refractivity contribution in [2.24, 2.45) is 0 Å². The number of rotatable bonds is 7. The molecule has 0 spiro atoms. The number of nitrogen functional groups attached to an aromatic ring is 1. The minimum atomic E-state index is -1.63. The van der Waals surface area contributed by atoms with E-state index in [4.69, 9.17) is 5.73 Å². The smallest absolute Gasteiger partial charge is 0.230 e. The van der Waals surface area contributed by atoms with E-state index in [9.17, 15) is 4.39 Å². The van der Waals surface area contributed by atoms with Crippen molar-refractivity contribution in [2.45, 2.75) is 38.8 Å². The summed E-state index contributed by atoms with van der Waals surface area (Å²) in [4.78, 5) is 15.4. The molecule has 0 atom stereocenters. The number of thiophene rings is 1. The lowest BCUT2D eigenvalue weighted by Gasteiger charge is -2.19. The molecule has 7 heteroatoms. The Morgan fingerprint density at radius 2 is 2.05 bits per heavy atom. The Morgan fingerprint density at radius 3 is 2.68 bits per heavy atom. The topological polar surface area (TPSA) is 67.9 Å². The number of aryl methyl sites for hydroxylation is 1. The number of nitrogens with two attached hydrogens (primary N) is 1. The summed E-state index contributed by atoms with van der Waals surface area (Å²) in [6.45, 7) is 3.61. The summed E-state index contributed by atoms with van der Waals surface area (Å²) >= 11 is 1.78. The fraction of sp³-hybridized carbons (Fsp3) is 0.533. The van der Waals surface area contributed by atoms with E-state index < -0.39 is 5.67 Å². The van der Waals surface area contributed by atoms with Gasteiger partial charge in [-0.15, -0.1) is 11.3 Å². The van der Waals surface area contributed by atoms with Crippen LogP contribution in [0.3, 0.4) is 0 Å². The highest BCUT2D eigenvalue weighted by Gasteiger charge is 2.24. The highest BCUT2D eigenvalue weighted by molar-refractivity contribution is 7.09. The Labute approximate surface area is 134 Å². The maximum absolute atomic E-state index is 14.0. The molecule has 0 amide bonds. The van der Waals surface area contributed by atoms with Gasteiger partial charge in [0, 0.05) is 18.5 Å². The van der Waals surface area contributed by atoms with Crippen LogP contribution in [0.1, 0.15) is 37.4 Å². The minimum absolute atomic E-state index is 0.0520. The molecular formula is C15H22FN5S. The molecule has 0 radical (unpaired) electrons. The fourth-order valence-corrected chi connectivity index (χ4v) is 2.77. The monoisotopic (exact) mass is 323 g/mol. The van der Waals surface area contributed by atoms with Crippen LogP contribution in [0.5, 0.6) is 0 Å². The van der Waals surface area contributed by atoms with Crippen LogP contribution in [0.2, 0.25) is 0 Å². The van der Waals surface area contributed by atoms with Gasteiger partial charge in [0.25, 0.3) is 0 Å². The standard InChI is InChI=1S/C15H22FN5S/c1-15(2,16)12-18-13(17)20-14(19-12)21(3)9-5-4-7-11-8-6-10-22-11/h6,8,10H,4-5,7,9H2,1-3H3,(H2,17,18,19,20). The maximum Gasteiger partial charge on any atom is 0.230 e. The van der Waals surface area contributed by atoms with Gasteiger partial charge in [0.2, 0.25) is 11.9 Å². The third kappa shape index (κ3) is 4.62. The highest BCUT2D eigenvalue weighted by Crippen LogP contribution is 2.22. The molecule has 0 aromatic carbocycles. The number of hydrogen-bond acceptors (Lipinski definition) is 6. The van der Waals surface area contributed by atoms with Gasteiger partial charge in [-0.25, -0.2) is 4.39 Å². The molecule has 0 unspecified atom stereocenters.